The molecule has 2 N–H and O–H groups in total. The highest BCUT2D eigenvalue weighted by Gasteiger charge is 2.29. The molecule has 1 aliphatic heterocycles. The summed E-state index contributed by atoms with van der Waals surface area (Å²) < 4.78 is 36.6. The second kappa shape index (κ2) is 10.4. The Morgan fingerprint density at radius 3 is 2.68 bits per heavy atom. The molecule has 1 saturated heterocycles. The van der Waals surface area contributed by atoms with Crippen molar-refractivity contribution in [1.82, 2.24) is 25.3 Å². The first-order valence-electron chi connectivity index (χ1n) is 11.9. The topological polar surface area (TPSA) is 96.3 Å². The smallest absolute Gasteiger partial charge is 0.319 e. The third kappa shape index (κ3) is 4.99. The van der Waals surface area contributed by atoms with Gasteiger partial charge in [-0.3, -0.25) is 0 Å². The van der Waals surface area contributed by atoms with Crippen molar-refractivity contribution in [2.45, 2.75) is 32.4 Å². The standard InChI is InChI=1S/C26H25ClF2N6O2/c1-14-13-35(15(2)12-32-14)25-16-11-17(27)21(22-18(28)5-3-6-19(22)36)23(29)24(16)33-26(34-25)37-10-7-20-30-8-4-9-31-20/h3-6,8-9,11,14-15,32,36H,7,10,12-13H2,1-2H3/t14-,15+/m0/s1. The molecule has 37 heavy (non-hydrogen) atoms. The first kappa shape index (κ1) is 25.0. The highest BCUT2D eigenvalue weighted by atomic mass is 35.5. The van der Waals surface area contributed by atoms with Crippen molar-refractivity contribution in [2.75, 3.05) is 24.6 Å². The molecular formula is C26H25ClF2N6O2. The van der Waals surface area contributed by atoms with Gasteiger partial charge in [0.1, 0.15) is 28.7 Å². The van der Waals surface area contributed by atoms with Crippen LogP contribution in [0.1, 0.15) is 19.7 Å². The number of nitrogens with one attached hydrogen (secondary N) is 1. The molecule has 2 aromatic carbocycles. The lowest BCUT2D eigenvalue weighted by atomic mass is 10.0. The number of halogens is 3. The van der Waals surface area contributed by atoms with Crippen molar-refractivity contribution < 1.29 is 18.6 Å². The van der Waals surface area contributed by atoms with Crippen LogP contribution in [-0.2, 0) is 6.42 Å². The lowest BCUT2D eigenvalue weighted by Crippen LogP contribution is -2.54. The van der Waals surface area contributed by atoms with Crippen LogP contribution in [0.3, 0.4) is 0 Å². The van der Waals surface area contributed by atoms with E-state index in [-0.39, 0.29) is 46.4 Å². The largest absolute Gasteiger partial charge is 0.507 e. The Morgan fingerprint density at radius 2 is 1.92 bits per heavy atom. The molecule has 1 fully saturated rings. The quantitative estimate of drug-likeness (QED) is 0.378. The maximum Gasteiger partial charge on any atom is 0.319 e. The maximum absolute atomic E-state index is 16.1. The van der Waals surface area contributed by atoms with Crippen molar-refractivity contribution in [3.8, 4) is 22.9 Å². The van der Waals surface area contributed by atoms with E-state index in [2.05, 4.69) is 25.3 Å². The second-order valence-electron chi connectivity index (χ2n) is 8.98. The number of nitrogens with zero attached hydrogens (tertiary/aromatic N) is 5. The highest BCUT2D eigenvalue weighted by molar-refractivity contribution is 6.34. The van der Waals surface area contributed by atoms with Gasteiger partial charge in [-0.1, -0.05) is 17.7 Å². The van der Waals surface area contributed by atoms with Gasteiger partial charge >= 0.3 is 6.01 Å². The van der Waals surface area contributed by atoms with Gasteiger partial charge in [0.2, 0.25) is 0 Å². The average Bonchev–Trinajstić information content (AvgIpc) is 2.88. The number of piperazine rings is 1. The number of phenols is 1. The summed E-state index contributed by atoms with van der Waals surface area (Å²) in [5, 5.41) is 14.0. The molecule has 8 nitrogen and oxygen atoms in total. The Morgan fingerprint density at radius 1 is 1.14 bits per heavy atom. The van der Waals surface area contributed by atoms with E-state index >= 15 is 4.39 Å². The Kier molecular flexibility index (Phi) is 7.03. The van der Waals surface area contributed by atoms with Crippen molar-refractivity contribution in [3.63, 3.8) is 0 Å². The van der Waals surface area contributed by atoms with Gasteiger partial charge in [0.15, 0.2) is 5.82 Å². The van der Waals surface area contributed by atoms with E-state index in [9.17, 15) is 9.50 Å². The molecule has 3 heterocycles. The summed E-state index contributed by atoms with van der Waals surface area (Å²) in [6.07, 6.45) is 3.67. The van der Waals surface area contributed by atoms with Crippen LogP contribution >= 0.6 is 11.6 Å². The molecule has 0 radical (unpaired) electrons. The average molecular weight is 527 g/mol. The fourth-order valence-electron chi connectivity index (χ4n) is 4.44. The van der Waals surface area contributed by atoms with Gasteiger partial charge in [-0.15, -0.1) is 0 Å². The van der Waals surface area contributed by atoms with Gasteiger partial charge in [-0.2, -0.15) is 9.97 Å². The summed E-state index contributed by atoms with van der Waals surface area (Å²) in [6, 6.07) is 7.12. The molecule has 11 heteroatoms. The van der Waals surface area contributed by atoms with Gasteiger partial charge in [-0.25, -0.2) is 18.7 Å². The van der Waals surface area contributed by atoms with Crippen LogP contribution in [0.2, 0.25) is 5.02 Å². The minimum atomic E-state index is -0.876. The molecule has 192 valence electrons. The molecule has 0 saturated carbocycles. The van der Waals surface area contributed by atoms with E-state index in [1.54, 1.807) is 18.5 Å². The van der Waals surface area contributed by atoms with Gasteiger partial charge in [0.05, 0.1) is 17.2 Å². The van der Waals surface area contributed by atoms with Gasteiger partial charge < -0.3 is 20.1 Å². The monoisotopic (exact) mass is 526 g/mol. The summed E-state index contributed by atoms with van der Waals surface area (Å²) in [5.41, 5.74) is -0.698. The van der Waals surface area contributed by atoms with Crippen LogP contribution in [0.5, 0.6) is 11.8 Å². The Bertz CT molecular complexity index is 1420. The predicted octanol–water partition coefficient (Wildman–Crippen LogP) is 4.53. The molecule has 0 aliphatic carbocycles. The molecule has 0 spiro atoms. The third-order valence-electron chi connectivity index (χ3n) is 6.30. The van der Waals surface area contributed by atoms with Crippen molar-refractivity contribution >= 4 is 28.3 Å². The molecule has 0 unspecified atom stereocenters. The van der Waals surface area contributed by atoms with E-state index < -0.39 is 17.4 Å². The summed E-state index contributed by atoms with van der Waals surface area (Å²) in [6.45, 7) is 5.56. The zero-order valence-electron chi connectivity index (χ0n) is 20.3. The lowest BCUT2D eigenvalue weighted by molar-refractivity contribution is 0.294. The van der Waals surface area contributed by atoms with Crippen LogP contribution in [0.15, 0.2) is 42.7 Å². The fourth-order valence-corrected chi connectivity index (χ4v) is 4.73. The molecule has 1 aliphatic rings. The Labute approximate surface area is 217 Å². The number of benzene rings is 2. The first-order chi connectivity index (χ1) is 17.8. The highest BCUT2D eigenvalue weighted by Crippen LogP contribution is 2.43. The number of aromatic nitrogens is 4. The molecule has 2 atom stereocenters. The number of ether oxygens (including phenoxy) is 1. The lowest BCUT2D eigenvalue weighted by Gasteiger charge is -2.39. The molecule has 5 rings (SSSR count). The summed E-state index contributed by atoms with van der Waals surface area (Å²) in [7, 11) is 0. The number of hydrogen-bond donors (Lipinski definition) is 2. The third-order valence-corrected chi connectivity index (χ3v) is 6.59. The molecule has 2 aromatic heterocycles. The zero-order chi connectivity index (χ0) is 26.1. The van der Waals surface area contributed by atoms with Crippen LogP contribution in [0.25, 0.3) is 22.0 Å². The molecule has 0 bridgehead atoms. The molecular weight excluding hydrogens is 502 g/mol. The Balaban J connectivity index is 1.64. The SMILES string of the molecule is C[C@@H]1CN[C@@H](C)CN1c1nc(OCCc2ncccn2)nc2c(F)c(-c3c(O)cccc3F)c(Cl)cc12. The van der Waals surface area contributed by atoms with E-state index in [0.717, 1.165) is 6.07 Å². The number of hydrogen-bond acceptors (Lipinski definition) is 8. The van der Waals surface area contributed by atoms with Gasteiger partial charge in [-0.05, 0) is 38.1 Å². The van der Waals surface area contributed by atoms with Crippen LogP contribution < -0.4 is 15.0 Å². The number of fused-ring (bicyclic) bond motifs is 1. The normalized spacial score (nSPS) is 17.8. The van der Waals surface area contributed by atoms with Gasteiger partial charge in [0.25, 0.3) is 0 Å². The van der Waals surface area contributed by atoms with Crippen LogP contribution in [0, 0.1) is 11.6 Å². The summed E-state index contributed by atoms with van der Waals surface area (Å²) in [4.78, 5) is 19.4. The first-order valence-corrected chi connectivity index (χ1v) is 12.3. The number of aromatic hydroxyl groups is 1. The minimum absolute atomic E-state index is 0.0389. The number of rotatable bonds is 6. The van der Waals surface area contributed by atoms with E-state index in [0.29, 0.717) is 36.5 Å². The number of anilines is 1. The van der Waals surface area contributed by atoms with Crippen molar-refractivity contribution in [1.29, 1.82) is 0 Å². The van der Waals surface area contributed by atoms with Crippen molar-refractivity contribution in [2.24, 2.45) is 0 Å². The zero-order valence-corrected chi connectivity index (χ0v) is 21.0. The molecule has 0 amide bonds. The summed E-state index contributed by atoms with van der Waals surface area (Å²) in [5.74, 6) is -1.07. The van der Waals surface area contributed by atoms with Crippen molar-refractivity contribution in [3.05, 3.63) is 65.2 Å². The Hall–Kier alpha value is -3.63. The molecule has 4 aromatic rings. The van der Waals surface area contributed by atoms with Crippen LogP contribution in [0.4, 0.5) is 14.6 Å². The van der Waals surface area contributed by atoms with E-state index in [4.69, 9.17) is 16.3 Å². The fraction of sp³-hybridized carbons (Fsp3) is 0.308. The van der Waals surface area contributed by atoms with E-state index in [1.165, 1.54) is 18.2 Å². The second-order valence-corrected chi connectivity index (χ2v) is 9.39. The summed E-state index contributed by atoms with van der Waals surface area (Å²) >= 11 is 6.50. The number of phenolic OH excluding ortho intramolecular Hbond substituents is 1. The maximum atomic E-state index is 16.1. The van der Waals surface area contributed by atoms with Crippen LogP contribution in [-0.4, -0.2) is 56.8 Å². The van der Waals surface area contributed by atoms with E-state index in [1.807, 2.05) is 18.7 Å². The minimum Gasteiger partial charge on any atom is -0.507 e. The predicted molar refractivity (Wildman–Crippen MR) is 137 cm³/mol. The van der Waals surface area contributed by atoms with Gasteiger partial charge in [0, 0.05) is 54.9 Å².